The van der Waals surface area contributed by atoms with Crippen LogP contribution in [-0.2, 0) is 16.0 Å². The third-order valence-electron chi connectivity index (χ3n) is 3.03. The van der Waals surface area contributed by atoms with E-state index in [0.29, 0.717) is 32.6 Å². The number of rotatable bonds is 3. The zero-order valence-corrected chi connectivity index (χ0v) is 10.9. The van der Waals surface area contributed by atoms with E-state index in [-0.39, 0.29) is 11.8 Å². The molecule has 6 heteroatoms. The van der Waals surface area contributed by atoms with Gasteiger partial charge in [0.15, 0.2) is 0 Å². The van der Waals surface area contributed by atoms with Gasteiger partial charge in [0.25, 0.3) is 0 Å². The number of hydrogen-bond acceptors (Lipinski definition) is 4. The summed E-state index contributed by atoms with van der Waals surface area (Å²) in [7, 11) is 0. The Morgan fingerprint density at radius 1 is 1.17 bits per heavy atom. The number of thiophene rings is 1. The van der Waals surface area contributed by atoms with Gasteiger partial charge in [-0.1, -0.05) is 6.07 Å². The molecule has 0 spiro atoms. The Morgan fingerprint density at radius 2 is 1.78 bits per heavy atom. The SMILES string of the molecule is O=C(CO)N1CCN(C(=O)Cc2cccs2)CC1. The van der Waals surface area contributed by atoms with E-state index in [4.69, 9.17) is 5.11 Å². The van der Waals surface area contributed by atoms with E-state index >= 15 is 0 Å². The number of aliphatic hydroxyl groups is 1. The molecule has 0 aromatic carbocycles. The lowest BCUT2D eigenvalue weighted by atomic mass is 10.2. The summed E-state index contributed by atoms with van der Waals surface area (Å²) in [5.74, 6) is -0.158. The fraction of sp³-hybridized carbons (Fsp3) is 0.500. The number of aliphatic hydroxyl groups excluding tert-OH is 1. The summed E-state index contributed by atoms with van der Waals surface area (Å²) in [6, 6.07) is 3.89. The summed E-state index contributed by atoms with van der Waals surface area (Å²) < 4.78 is 0. The van der Waals surface area contributed by atoms with Crippen molar-refractivity contribution in [2.45, 2.75) is 6.42 Å². The molecule has 0 atom stereocenters. The van der Waals surface area contributed by atoms with Gasteiger partial charge in [-0.3, -0.25) is 9.59 Å². The summed E-state index contributed by atoms with van der Waals surface area (Å²) in [4.78, 5) is 27.7. The minimum absolute atomic E-state index is 0.105. The Morgan fingerprint density at radius 3 is 2.28 bits per heavy atom. The normalized spacial score (nSPS) is 15.8. The first-order valence-electron chi connectivity index (χ1n) is 5.89. The van der Waals surface area contributed by atoms with Crippen LogP contribution in [0.2, 0.25) is 0 Å². The van der Waals surface area contributed by atoms with Crippen molar-refractivity contribution >= 4 is 23.2 Å². The Balaban J connectivity index is 1.82. The van der Waals surface area contributed by atoms with E-state index in [1.807, 2.05) is 17.5 Å². The van der Waals surface area contributed by atoms with Crippen molar-refractivity contribution in [1.29, 1.82) is 0 Å². The summed E-state index contributed by atoms with van der Waals surface area (Å²) in [6.07, 6.45) is 0.436. The Bertz CT molecular complexity index is 411. The number of nitrogens with zero attached hydrogens (tertiary/aromatic N) is 2. The van der Waals surface area contributed by atoms with Crippen molar-refractivity contribution in [3.8, 4) is 0 Å². The zero-order valence-electron chi connectivity index (χ0n) is 10.0. The Labute approximate surface area is 110 Å². The van der Waals surface area contributed by atoms with Crippen molar-refractivity contribution in [2.24, 2.45) is 0 Å². The van der Waals surface area contributed by atoms with Crippen LogP contribution < -0.4 is 0 Å². The molecule has 1 aliphatic heterocycles. The van der Waals surface area contributed by atoms with Gasteiger partial charge in [0.05, 0.1) is 6.42 Å². The molecule has 2 amide bonds. The standard InChI is InChI=1S/C12H16N2O3S/c15-9-12(17)14-5-3-13(4-6-14)11(16)8-10-2-1-7-18-10/h1-2,7,15H,3-6,8-9H2. The lowest BCUT2D eigenvalue weighted by Crippen LogP contribution is -2.51. The molecule has 1 aromatic rings. The van der Waals surface area contributed by atoms with Crippen LogP contribution >= 0.6 is 11.3 Å². The van der Waals surface area contributed by atoms with Crippen molar-refractivity contribution in [2.75, 3.05) is 32.8 Å². The molecule has 18 heavy (non-hydrogen) atoms. The third-order valence-corrected chi connectivity index (χ3v) is 3.90. The molecule has 2 rings (SSSR count). The molecule has 0 aliphatic carbocycles. The van der Waals surface area contributed by atoms with Gasteiger partial charge in [0.1, 0.15) is 6.61 Å². The maximum atomic E-state index is 12.0. The molecule has 98 valence electrons. The zero-order chi connectivity index (χ0) is 13.0. The molecule has 1 N–H and O–H groups in total. The van der Waals surface area contributed by atoms with Crippen LogP contribution in [0, 0.1) is 0 Å². The molecular formula is C12H16N2O3S. The van der Waals surface area contributed by atoms with Crippen LogP contribution in [-0.4, -0.2) is 59.5 Å². The molecule has 0 radical (unpaired) electrons. The first-order valence-corrected chi connectivity index (χ1v) is 6.77. The van der Waals surface area contributed by atoms with Crippen LogP contribution in [0.25, 0.3) is 0 Å². The molecule has 1 saturated heterocycles. The molecule has 1 aliphatic rings. The van der Waals surface area contributed by atoms with Gasteiger partial charge in [-0.15, -0.1) is 11.3 Å². The van der Waals surface area contributed by atoms with Crippen molar-refractivity contribution < 1.29 is 14.7 Å². The maximum absolute atomic E-state index is 12.0. The monoisotopic (exact) mass is 268 g/mol. The third kappa shape index (κ3) is 3.08. The van der Waals surface area contributed by atoms with E-state index in [0.717, 1.165) is 4.88 Å². The van der Waals surface area contributed by atoms with Gasteiger partial charge in [-0.2, -0.15) is 0 Å². The van der Waals surface area contributed by atoms with E-state index in [1.165, 1.54) is 0 Å². The molecule has 0 saturated carbocycles. The highest BCUT2D eigenvalue weighted by Crippen LogP contribution is 2.12. The number of hydrogen-bond donors (Lipinski definition) is 1. The van der Waals surface area contributed by atoms with Gasteiger partial charge in [-0.25, -0.2) is 0 Å². The Kier molecular flexibility index (Phi) is 4.33. The van der Waals surface area contributed by atoms with E-state index in [9.17, 15) is 9.59 Å². The largest absolute Gasteiger partial charge is 0.387 e. The predicted molar refractivity (Wildman–Crippen MR) is 68.3 cm³/mol. The fourth-order valence-electron chi connectivity index (χ4n) is 1.98. The summed E-state index contributed by atoms with van der Waals surface area (Å²) >= 11 is 1.58. The van der Waals surface area contributed by atoms with Crippen LogP contribution in [0.5, 0.6) is 0 Å². The highest BCUT2D eigenvalue weighted by molar-refractivity contribution is 7.10. The first kappa shape index (κ1) is 13.0. The molecular weight excluding hydrogens is 252 g/mol. The van der Waals surface area contributed by atoms with Crippen LogP contribution in [0.3, 0.4) is 0 Å². The van der Waals surface area contributed by atoms with Crippen molar-refractivity contribution in [3.63, 3.8) is 0 Å². The lowest BCUT2D eigenvalue weighted by molar-refractivity contribution is -0.140. The predicted octanol–water partition coefficient (Wildman–Crippen LogP) is -0.0463. The lowest BCUT2D eigenvalue weighted by Gasteiger charge is -2.34. The topological polar surface area (TPSA) is 60.9 Å². The second-order valence-electron chi connectivity index (χ2n) is 4.18. The molecule has 2 heterocycles. The van der Waals surface area contributed by atoms with Gasteiger partial charge in [0.2, 0.25) is 11.8 Å². The highest BCUT2D eigenvalue weighted by atomic mass is 32.1. The number of carbonyl (C=O) groups excluding carboxylic acids is 2. The summed E-state index contributed by atoms with van der Waals surface area (Å²) in [5, 5.41) is 10.7. The van der Waals surface area contributed by atoms with Crippen LogP contribution in [0.15, 0.2) is 17.5 Å². The second kappa shape index (κ2) is 5.97. The molecule has 1 fully saturated rings. The minimum atomic E-state index is -0.455. The fourth-order valence-corrected chi connectivity index (χ4v) is 2.68. The Hall–Kier alpha value is -1.40. The van der Waals surface area contributed by atoms with Crippen LogP contribution in [0.1, 0.15) is 4.88 Å². The summed E-state index contributed by atoms with van der Waals surface area (Å²) in [5.41, 5.74) is 0. The molecule has 0 unspecified atom stereocenters. The van der Waals surface area contributed by atoms with E-state index in [1.54, 1.807) is 21.1 Å². The highest BCUT2D eigenvalue weighted by Gasteiger charge is 2.23. The van der Waals surface area contributed by atoms with Gasteiger partial charge >= 0.3 is 0 Å². The summed E-state index contributed by atoms with van der Waals surface area (Å²) in [6.45, 7) is 1.67. The van der Waals surface area contributed by atoms with Gasteiger partial charge < -0.3 is 14.9 Å². The number of amides is 2. The molecule has 0 bridgehead atoms. The second-order valence-corrected chi connectivity index (χ2v) is 5.21. The smallest absolute Gasteiger partial charge is 0.248 e. The molecule has 5 nitrogen and oxygen atoms in total. The van der Waals surface area contributed by atoms with Crippen LogP contribution in [0.4, 0.5) is 0 Å². The first-order chi connectivity index (χ1) is 8.70. The van der Waals surface area contributed by atoms with E-state index < -0.39 is 6.61 Å². The van der Waals surface area contributed by atoms with Crippen molar-refractivity contribution in [3.05, 3.63) is 22.4 Å². The van der Waals surface area contributed by atoms with E-state index in [2.05, 4.69) is 0 Å². The number of carbonyl (C=O) groups is 2. The molecule has 1 aromatic heterocycles. The van der Waals surface area contributed by atoms with Crippen molar-refractivity contribution in [1.82, 2.24) is 9.80 Å². The average molecular weight is 268 g/mol. The minimum Gasteiger partial charge on any atom is -0.387 e. The number of piperazine rings is 1. The van der Waals surface area contributed by atoms with Gasteiger partial charge in [-0.05, 0) is 11.4 Å². The average Bonchev–Trinajstić information content (AvgIpc) is 2.91. The quantitative estimate of drug-likeness (QED) is 0.836. The maximum Gasteiger partial charge on any atom is 0.248 e. The van der Waals surface area contributed by atoms with Gasteiger partial charge in [0, 0.05) is 31.1 Å².